The van der Waals surface area contributed by atoms with E-state index in [1.54, 1.807) is 0 Å². The van der Waals surface area contributed by atoms with Crippen LogP contribution >= 0.6 is 0 Å². The molecule has 0 fully saturated rings. The summed E-state index contributed by atoms with van der Waals surface area (Å²) < 4.78 is 2.23. The summed E-state index contributed by atoms with van der Waals surface area (Å²) in [4.78, 5) is 4.76. The summed E-state index contributed by atoms with van der Waals surface area (Å²) in [6.45, 7) is 0.934. The molecule has 2 aromatic carbocycles. The maximum atomic E-state index is 4.76. The summed E-state index contributed by atoms with van der Waals surface area (Å²) in [5, 5.41) is 1.20. The standard InChI is InChI=1S/C15H11N2/c1-3-7-13-11(5-1)9-17-10-12-6-2-4-8-14(12)16-15(13)17/h1-8,10H,9H2/q+1. The summed E-state index contributed by atoms with van der Waals surface area (Å²) in [7, 11) is 0. The number of hydrogen-bond acceptors (Lipinski definition) is 1. The number of aromatic nitrogens is 2. The molecule has 0 radical (unpaired) electrons. The predicted molar refractivity (Wildman–Crippen MR) is 66.5 cm³/mol. The Morgan fingerprint density at radius 3 is 2.76 bits per heavy atom. The molecule has 2 nitrogen and oxygen atoms in total. The van der Waals surface area contributed by atoms with E-state index in [2.05, 4.69) is 53.2 Å². The molecule has 1 aromatic heterocycles. The number of rotatable bonds is 0. The van der Waals surface area contributed by atoms with Crippen LogP contribution in [0, 0.1) is 0 Å². The summed E-state index contributed by atoms with van der Waals surface area (Å²) >= 11 is 0. The fraction of sp³-hybridized carbons (Fsp3) is 0.0667. The van der Waals surface area contributed by atoms with Crippen molar-refractivity contribution in [2.45, 2.75) is 6.54 Å². The Kier molecular flexibility index (Phi) is 1.64. The SMILES string of the molecule is c1ccc2c(c1)C[n+]1cc3ccccc3nc1-2. The van der Waals surface area contributed by atoms with E-state index >= 15 is 0 Å². The number of benzene rings is 2. The molecule has 80 valence electrons. The molecule has 0 bridgehead atoms. The second-order valence-corrected chi connectivity index (χ2v) is 4.41. The van der Waals surface area contributed by atoms with Gasteiger partial charge in [0.05, 0.1) is 10.9 Å². The number of hydrogen-bond donors (Lipinski definition) is 0. The first-order valence-electron chi connectivity index (χ1n) is 5.79. The first-order valence-corrected chi connectivity index (χ1v) is 5.79. The molecular formula is C15H11N2+. The van der Waals surface area contributed by atoms with E-state index < -0.39 is 0 Å². The van der Waals surface area contributed by atoms with Crippen molar-refractivity contribution >= 4 is 10.9 Å². The second kappa shape index (κ2) is 3.14. The van der Waals surface area contributed by atoms with E-state index in [1.807, 2.05) is 6.07 Å². The molecule has 2 heteroatoms. The summed E-state index contributed by atoms with van der Waals surface area (Å²) in [6.07, 6.45) is 2.19. The van der Waals surface area contributed by atoms with Crippen LogP contribution in [0.4, 0.5) is 0 Å². The second-order valence-electron chi connectivity index (χ2n) is 4.41. The third kappa shape index (κ3) is 1.21. The minimum atomic E-state index is 0.934. The fourth-order valence-corrected chi connectivity index (χ4v) is 2.50. The van der Waals surface area contributed by atoms with Crippen LogP contribution in [0.3, 0.4) is 0 Å². The van der Waals surface area contributed by atoms with Crippen molar-refractivity contribution in [1.82, 2.24) is 4.98 Å². The molecular weight excluding hydrogens is 208 g/mol. The van der Waals surface area contributed by atoms with Crippen LogP contribution in [0.15, 0.2) is 54.7 Å². The van der Waals surface area contributed by atoms with Gasteiger partial charge in [-0.15, -0.1) is 0 Å². The first kappa shape index (κ1) is 8.88. The lowest BCUT2D eigenvalue weighted by Gasteiger charge is -1.95. The molecule has 2 heterocycles. The number of fused-ring (bicyclic) bond motifs is 4. The van der Waals surface area contributed by atoms with Crippen LogP contribution < -0.4 is 4.57 Å². The molecule has 0 atom stereocenters. The Balaban J connectivity index is 2.07. The minimum absolute atomic E-state index is 0.934. The predicted octanol–water partition coefficient (Wildman–Crippen LogP) is 2.55. The van der Waals surface area contributed by atoms with Gasteiger partial charge in [0.1, 0.15) is 12.7 Å². The zero-order valence-corrected chi connectivity index (χ0v) is 9.30. The molecule has 0 aliphatic carbocycles. The summed E-state index contributed by atoms with van der Waals surface area (Å²) in [5.74, 6) is 1.08. The molecule has 3 aromatic rings. The average molecular weight is 219 g/mol. The highest BCUT2D eigenvalue weighted by atomic mass is 15.1. The minimum Gasteiger partial charge on any atom is -0.225 e. The lowest BCUT2D eigenvalue weighted by Crippen LogP contribution is -2.32. The highest BCUT2D eigenvalue weighted by molar-refractivity contribution is 5.78. The van der Waals surface area contributed by atoms with Crippen molar-refractivity contribution in [3.63, 3.8) is 0 Å². The fourth-order valence-electron chi connectivity index (χ4n) is 2.50. The van der Waals surface area contributed by atoms with E-state index in [4.69, 9.17) is 4.98 Å². The summed E-state index contributed by atoms with van der Waals surface area (Å²) in [6, 6.07) is 16.8. The molecule has 0 unspecified atom stereocenters. The van der Waals surface area contributed by atoms with Gasteiger partial charge in [0.2, 0.25) is 0 Å². The van der Waals surface area contributed by atoms with E-state index in [9.17, 15) is 0 Å². The van der Waals surface area contributed by atoms with Crippen LogP contribution in [0.1, 0.15) is 5.56 Å². The topological polar surface area (TPSA) is 16.8 Å². The lowest BCUT2D eigenvalue weighted by atomic mass is 10.1. The summed E-state index contributed by atoms with van der Waals surface area (Å²) in [5.41, 5.74) is 3.68. The monoisotopic (exact) mass is 219 g/mol. The molecule has 17 heavy (non-hydrogen) atoms. The van der Waals surface area contributed by atoms with Gasteiger partial charge in [-0.25, -0.2) is 4.57 Å². The lowest BCUT2D eigenvalue weighted by molar-refractivity contribution is -0.673. The molecule has 1 aliphatic heterocycles. The molecule has 0 saturated carbocycles. The van der Waals surface area contributed by atoms with Gasteiger partial charge in [0.25, 0.3) is 0 Å². The Labute approximate surface area is 99.2 Å². The third-order valence-electron chi connectivity index (χ3n) is 3.33. The Morgan fingerprint density at radius 1 is 0.941 bits per heavy atom. The smallest absolute Gasteiger partial charge is 0.225 e. The van der Waals surface area contributed by atoms with Gasteiger partial charge in [0, 0.05) is 5.56 Å². The van der Waals surface area contributed by atoms with E-state index in [0.717, 1.165) is 17.9 Å². The Bertz CT molecular complexity index is 732. The zero-order valence-electron chi connectivity index (χ0n) is 9.30. The maximum Gasteiger partial charge on any atom is 0.331 e. The number of nitrogens with zero attached hydrogens (tertiary/aromatic N) is 2. The quantitative estimate of drug-likeness (QED) is 0.415. The van der Waals surface area contributed by atoms with Crippen LogP contribution in [-0.2, 0) is 6.54 Å². The van der Waals surface area contributed by atoms with Crippen molar-refractivity contribution in [1.29, 1.82) is 0 Å². The van der Waals surface area contributed by atoms with Crippen LogP contribution in [0.2, 0.25) is 0 Å². The van der Waals surface area contributed by atoms with Crippen molar-refractivity contribution in [3.8, 4) is 11.4 Å². The van der Waals surface area contributed by atoms with Gasteiger partial charge in [-0.05, 0) is 23.2 Å². The van der Waals surface area contributed by atoms with Gasteiger partial charge in [-0.3, -0.25) is 0 Å². The van der Waals surface area contributed by atoms with E-state index in [-0.39, 0.29) is 0 Å². The van der Waals surface area contributed by atoms with Crippen LogP contribution in [0.5, 0.6) is 0 Å². The maximum absolute atomic E-state index is 4.76. The van der Waals surface area contributed by atoms with Crippen LogP contribution in [-0.4, -0.2) is 4.98 Å². The molecule has 0 spiro atoms. The van der Waals surface area contributed by atoms with Gasteiger partial charge in [-0.1, -0.05) is 30.3 Å². The van der Waals surface area contributed by atoms with Crippen LogP contribution in [0.25, 0.3) is 22.3 Å². The van der Waals surface area contributed by atoms with Crippen molar-refractivity contribution < 1.29 is 4.57 Å². The first-order chi connectivity index (χ1) is 8.42. The molecule has 0 N–H and O–H groups in total. The normalized spacial score (nSPS) is 12.5. The largest absolute Gasteiger partial charge is 0.331 e. The Hall–Kier alpha value is -2.22. The van der Waals surface area contributed by atoms with Gasteiger partial charge < -0.3 is 0 Å². The van der Waals surface area contributed by atoms with Crippen molar-refractivity contribution in [2.24, 2.45) is 0 Å². The van der Waals surface area contributed by atoms with Crippen molar-refractivity contribution in [2.75, 3.05) is 0 Å². The van der Waals surface area contributed by atoms with Gasteiger partial charge in [-0.2, -0.15) is 0 Å². The molecule has 4 rings (SSSR count). The highest BCUT2D eigenvalue weighted by Gasteiger charge is 2.26. The van der Waals surface area contributed by atoms with Crippen molar-refractivity contribution in [3.05, 3.63) is 60.3 Å². The molecule has 1 aliphatic rings. The Morgan fingerprint density at radius 2 is 1.76 bits per heavy atom. The van der Waals surface area contributed by atoms with E-state index in [0.29, 0.717) is 0 Å². The zero-order chi connectivity index (χ0) is 11.2. The highest BCUT2D eigenvalue weighted by Crippen LogP contribution is 2.25. The third-order valence-corrected chi connectivity index (χ3v) is 3.33. The average Bonchev–Trinajstić information content (AvgIpc) is 2.73. The van der Waals surface area contributed by atoms with E-state index in [1.165, 1.54) is 16.5 Å². The van der Waals surface area contributed by atoms with Gasteiger partial charge >= 0.3 is 5.82 Å². The van der Waals surface area contributed by atoms with Gasteiger partial charge in [0.15, 0.2) is 5.52 Å². The number of para-hydroxylation sites is 1. The molecule has 0 amide bonds. The molecule has 0 saturated heterocycles.